The van der Waals surface area contributed by atoms with Gasteiger partial charge in [0.05, 0.1) is 0 Å². The predicted molar refractivity (Wildman–Crippen MR) is 110 cm³/mol. The van der Waals surface area contributed by atoms with Crippen LogP contribution in [0.5, 0.6) is 0 Å². The topological polar surface area (TPSA) is 56.7 Å². The highest BCUT2D eigenvalue weighted by Gasteiger charge is 2.31. The summed E-state index contributed by atoms with van der Waals surface area (Å²) in [5.41, 5.74) is 2.46. The fraction of sp³-hybridized carbons (Fsp3) is 0.524. The fourth-order valence-electron chi connectivity index (χ4n) is 4.05. The van der Waals surface area contributed by atoms with Gasteiger partial charge in [-0.3, -0.25) is 9.69 Å². The molecule has 0 unspecified atom stereocenters. The molecule has 1 aromatic carbocycles. The number of likely N-dealkylation sites (tertiary alicyclic amines) is 1. The van der Waals surface area contributed by atoms with E-state index in [4.69, 9.17) is 5.11 Å². The highest BCUT2D eigenvalue weighted by molar-refractivity contribution is 7.15. The fourth-order valence-corrected chi connectivity index (χ4v) is 5.09. The van der Waals surface area contributed by atoms with Crippen molar-refractivity contribution in [2.75, 3.05) is 27.2 Å². The molecule has 6 heteroatoms. The van der Waals surface area contributed by atoms with E-state index in [1.165, 1.54) is 16.0 Å². The van der Waals surface area contributed by atoms with Crippen LogP contribution in [0.1, 0.15) is 29.7 Å². The van der Waals surface area contributed by atoms with E-state index >= 15 is 0 Å². The van der Waals surface area contributed by atoms with Gasteiger partial charge < -0.3 is 10.0 Å². The third kappa shape index (κ3) is 5.15. The average molecular weight is 388 g/mol. The monoisotopic (exact) mass is 387 g/mol. The van der Waals surface area contributed by atoms with E-state index in [2.05, 4.69) is 60.1 Å². The zero-order valence-corrected chi connectivity index (χ0v) is 17.2. The molecule has 0 saturated carbocycles. The number of carboxylic acid groups (broad SMARTS) is 1. The highest BCUT2D eigenvalue weighted by Crippen LogP contribution is 2.30. The number of thiazole rings is 1. The minimum Gasteiger partial charge on any atom is -0.481 e. The third-order valence-corrected chi connectivity index (χ3v) is 6.49. The number of carboxylic acids is 1. The van der Waals surface area contributed by atoms with Gasteiger partial charge >= 0.3 is 5.97 Å². The molecule has 0 radical (unpaired) electrons. The van der Waals surface area contributed by atoms with Crippen LogP contribution in [-0.4, -0.2) is 59.1 Å². The molecule has 1 saturated heterocycles. The van der Waals surface area contributed by atoms with Gasteiger partial charge in [0, 0.05) is 48.7 Å². The standard InChI is InChI=1S/C21H29N3O2S/c1-15-6-4-5-7-18(15)21-22-12-17(27-21)14-24-11-10-19(23(2)3)16(13-24)8-9-20(25)26/h4-7,12,16,19H,8-11,13-14H2,1-3H3,(H,25,26)/t16-,19+/m1/s1. The molecule has 0 aliphatic carbocycles. The normalized spacial score (nSPS) is 20.9. The lowest BCUT2D eigenvalue weighted by atomic mass is 9.87. The van der Waals surface area contributed by atoms with Gasteiger partial charge in [-0.15, -0.1) is 11.3 Å². The van der Waals surface area contributed by atoms with E-state index in [0.29, 0.717) is 12.0 Å². The van der Waals surface area contributed by atoms with Gasteiger partial charge in [0.1, 0.15) is 5.01 Å². The van der Waals surface area contributed by atoms with Crippen molar-refractivity contribution < 1.29 is 9.90 Å². The number of piperidine rings is 1. The van der Waals surface area contributed by atoms with E-state index in [1.54, 1.807) is 11.3 Å². The molecule has 0 bridgehead atoms. The van der Waals surface area contributed by atoms with Crippen molar-refractivity contribution in [3.63, 3.8) is 0 Å². The summed E-state index contributed by atoms with van der Waals surface area (Å²) >= 11 is 1.76. The molecule has 1 fully saturated rings. The van der Waals surface area contributed by atoms with Gasteiger partial charge in [0.2, 0.25) is 0 Å². The first kappa shape index (κ1) is 20.0. The van der Waals surface area contributed by atoms with Crippen LogP contribution in [0.15, 0.2) is 30.5 Å². The Balaban J connectivity index is 1.65. The molecule has 0 spiro atoms. The number of aryl methyl sites for hydroxylation is 1. The number of nitrogens with zero attached hydrogens (tertiary/aromatic N) is 3. The van der Waals surface area contributed by atoms with E-state index < -0.39 is 5.97 Å². The number of rotatable bonds is 7. The van der Waals surface area contributed by atoms with Crippen LogP contribution in [0, 0.1) is 12.8 Å². The van der Waals surface area contributed by atoms with E-state index in [9.17, 15) is 4.79 Å². The molecule has 0 amide bonds. The SMILES string of the molecule is Cc1ccccc1-c1ncc(CN2CC[C@H](N(C)C)[C@H](CCC(=O)O)C2)s1. The average Bonchev–Trinajstić information content (AvgIpc) is 3.08. The summed E-state index contributed by atoms with van der Waals surface area (Å²) in [5.74, 6) is -0.302. The van der Waals surface area contributed by atoms with E-state index in [-0.39, 0.29) is 6.42 Å². The van der Waals surface area contributed by atoms with Crippen molar-refractivity contribution in [1.29, 1.82) is 0 Å². The highest BCUT2D eigenvalue weighted by atomic mass is 32.1. The van der Waals surface area contributed by atoms with Gasteiger partial charge in [0.25, 0.3) is 0 Å². The molecule has 2 heterocycles. The Bertz CT molecular complexity index is 774. The van der Waals surface area contributed by atoms with Gasteiger partial charge in [-0.2, -0.15) is 0 Å². The first-order chi connectivity index (χ1) is 12.9. The first-order valence-corrected chi connectivity index (χ1v) is 10.4. The molecular formula is C21H29N3O2S. The van der Waals surface area contributed by atoms with E-state index in [1.807, 2.05) is 6.20 Å². The maximum atomic E-state index is 11.0. The molecule has 1 aromatic heterocycles. The maximum absolute atomic E-state index is 11.0. The van der Waals surface area contributed by atoms with Crippen LogP contribution in [-0.2, 0) is 11.3 Å². The first-order valence-electron chi connectivity index (χ1n) is 9.55. The van der Waals surface area contributed by atoms with Crippen molar-refractivity contribution >= 4 is 17.3 Å². The molecule has 5 nitrogen and oxygen atoms in total. The summed E-state index contributed by atoms with van der Waals surface area (Å²) in [5, 5.41) is 10.1. The smallest absolute Gasteiger partial charge is 0.303 e. The summed E-state index contributed by atoms with van der Waals surface area (Å²) in [6.45, 7) is 5.01. The predicted octanol–water partition coefficient (Wildman–Crippen LogP) is 3.74. The van der Waals surface area contributed by atoms with Gasteiger partial charge in [0.15, 0.2) is 0 Å². The minimum atomic E-state index is -0.699. The summed E-state index contributed by atoms with van der Waals surface area (Å²) in [7, 11) is 4.21. The zero-order chi connectivity index (χ0) is 19.4. The Labute approximate surface area is 165 Å². The van der Waals surface area contributed by atoms with Crippen LogP contribution >= 0.6 is 11.3 Å². The molecule has 146 valence electrons. The van der Waals surface area contributed by atoms with Crippen LogP contribution in [0.2, 0.25) is 0 Å². The van der Waals surface area contributed by atoms with Crippen molar-refractivity contribution in [3.8, 4) is 10.6 Å². The number of aromatic nitrogens is 1. The second-order valence-electron chi connectivity index (χ2n) is 7.69. The molecule has 1 aliphatic rings. The number of hydrogen-bond acceptors (Lipinski definition) is 5. The molecule has 1 aliphatic heterocycles. The minimum absolute atomic E-state index is 0.251. The van der Waals surface area contributed by atoms with Crippen LogP contribution < -0.4 is 0 Å². The molecule has 2 atom stereocenters. The van der Waals surface area contributed by atoms with Crippen molar-refractivity contribution in [1.82, 2.24) is 14.8 Å². The Morgan fingerprint density at radius 1 is 1.37 bits per heavy atom. The molecule has 27 heavy (non-hydrogen) atoms. The van der Waals surface area contributed by atoms with Crippen LogP contribution in [0.4, 0.5) is 0 Å². The van der Waals surface area contributed by atoms with Gasteiger partial charge in [-0.25, -0.2) is 4.98 Å². The molecule has 2 aromatic rings. The zero-order valence-electron chi connectivity index (χ0n) is 16.4. The summed E-state index contributed by atoms with van der Waals surface area (Å²) in [6.07, 6.45) is 4.07. The number of hydrogen-bond donors (Lipinski definition) is 1. The van der Waals surface area contributed by atoms with Gasteiger partial charge in [-0.1, -0.05) is 24.3 Å². The number of carbonyl (C=O) groups is 1. The van der Waals surface area contributed by atoms with Crippen LogP contribution in [0.25, 0.3) is 10.6 Å². The largest absolute Gasteiger partial charge is 0.481 e. The second-order valence-corrected chi connectivity index (χ2v) is 8.81. The lowest BCUT2D eigenvalue weighted by Crippen LogP contribution is -2.48. The molecule has 1 N–H and O–H groups in total. The second kappa shape index (κ2) is 8.95. The Morgan fingerprint density at radius 3 is 2.85 bits per heavy atom. The van der Waals surface area contributed by atoms with E-state index in [0.717, 1.165) is 37.5 Å². The lowest BCUT2D eigenvalue weighted by molar-refractivity contribution is -0.137. The summed E-state index contributed by atoms with van der Waals surface area (Å²) < 4.78 is 0. The number of benzene rings is 1. The van der Waals surface area contributed by atoms with Crippen molar-refractivity contribution in [2.24, 2.45) is 5.92 Å². The van der Waals surface area contributed by atoms with Gasteiger partial charge in [-0.05, 0) is 45.3 Å². The third-order valence-electron chi connectivity index (χ3n) is 5.48. The Kier molecular flexibility index (Phi) is 6.63. The van der Waals surface area contributed by atoms with Crippen LogP contribution in [0.3, 0.4) is 0 Å². The van der Waals surface area contributed by atoms with Crippen molar-refractivity contribution in [3.05, 3.63) is 40.9 Å². The Morgan fingerprint density at radius 2 is 2.15 bits per heavy atom. The van der Waals surface area contributed by atoms with Crippen molar-refractivity contribution in [2.45, 2.75) is 38.8 Å². The summed E-state index contributed by atoms with van der Waals surface area (Å²) in [4.78, 5) is 21.7. The molecule has 3 rings (SSSR count). The molecular weight excluding hydrogens is 358 g/mol. The quantitative estimate of drug-likeness (QED) is 0.784. The lowest BCUT2D eigenvalue weighted by Gasteiger charge is -2.41. The maximum Gasteiger partial charge on any atom is 0.303 e. The number of aliphatic carboxylic acids is 1. The summed E-state index contributed by atoms with van der Waals surface area (Å²) in [6, 6.07) is 8.82. The Hall–Kier alpha value is -1.76.